The van der Waals surface area contributed by atoms with E-state index >= 15 is 0 Å². The molecule has 2 nitrogen and oxygen atoms in total. The molecule has 2 N–H and O–H groups in total. The molecule has 15 heavy (non-hydrogen) atoms. The molecule has 0 radical (unpaired) electrons. The Morgan fingerprint density at radius 1 is 1.27 bits per heavy atom. The third-order valence-electron chi connectivity index (χ3n) is 4.03. The van der Waals surface area contributed by atoms with E-state index in [0.29, 0.717) is 6.04 Å². The summed E-state index contributed by atoms with van der Waals surface area (Å²) in [5.41, 5.74) is 6.24. The minimum Gasteiger partial charge on any atom is -0.329 e. The van der Waals surface area contributed by atoms with E-state index in [0.717, 1.165) is 13.0 Å². The highest BCUT2D eigenvalue weighted by molar-refractivity contribution is 4.90. The summed E-state index contributed by atoms with van der Waals surface area (Å²) in [4.78, 5) is 2.50. The first-order valence-electron chi connectivity index (χ1n) is 6.50. The van der Waals surface area contributed by atoms with Crippen LogP contribution < -0.4 is 5.73 Å². The van der Waals surface area contributed by atoms with E-state index in [1.165, 1.54) is 25.7 Å². The van der Waals surface area contributed by atoms with Crippen molar-refractivity contribution >= 4 is 0 Å². The Morgan fingerprint density at radius 2 is 1.87 bits per heavy atom. The number of likely N-dealkylation sites (N-methyl/N-ethyl adjacent to an activating group) is 1. The van der Waals surface area contributed by atoms with Crippen LogP contribution >= 0.6 is 0 Å². The zero-order chi connectivity index (χ0) is 11.9. The van der Waals surface area contributed by atoms with Crippen molar-refractivity contribution in [2.45, 2.75) is 71.4 Å². The largest absolute Gasteiger partial charge is 0.329 e. The molecule has 0 aromatic heterocycles. The van der Waals surface area contributed by atoms with Crippen molar-refractivity contribution in [1.29, 1.82) is 0 Å². The first kappa shape index (κ1) is 14.9. The minimum atomic E-state index is 0.228. The van der Waals surface area contributed by atoms with Gasteiger partial charge in [-0.2, -0.15) is 0 Å². The first-order valence-corrected chi connectivity index (χ1v) is 6.50. The van der Waals surface area contributed by atoms with Gasteiger partial charge in [0.1, 0.15) is 0 Å². The highest BCUT2D eigenvalue weighted by Gasteiger charge is 2.32. The third-order valence-corrected chi connectivity index (χ3v) is 4.03. The van der Waals surface area contributed by atoms with Crippen LogP contribution in [0.4, 0.5) is 0 Å². The molecule has 92 valence electrons. The number of nitrogens with zero attached hydrogens (tertiary/aromatic N) is 1. The Morgan fingerprint density at radius 3 is 2.20 bits per heavy atom. The fourth-order valence-electron chi connectivity index (χ4n) is 2.24. The van der Waals surface area contributed by atoms with Crippen LogP contribution in [0.3, 0.4) is 0 Å². The monoisotopic (exact) mass is 214 g/mol. The highest BCUT2D eigenvalue weighted by atomic mass is 15.2. The molecule has 0 spiro atoms. The summed E-state index contributed by atoms with van der Waals surface area (Å²) >= 11 is 0. The maximum atomic E-state index is 6.01. The van der Waals surface area contributed by atoms with E-state index in [2.05, 4.69) is 39.6 Å². The molecule has 2 atom stereocenters. The normalized spacial score (nSPS) is 17.8. The van der Waals surface area contributed by atoms with Gasteiger partial charge in [0.25, 0.3) is 0 Å². The van der Waals surface area contributed by atoms with Crippen LogP contribution in [0.15, 0.2) is 0 Å². The topological polar surface area (TPSA) is 29.3 Å². The molecular weight excluding hydrogens is 184 g/mol. The second-order valence-corrected chi connectivity index (χ2v) is 4.75. The van der Waals surface area contributed by atoms with E-state index < -0.39 is 0 Å². The van der Waals surface area contributed by atoms with Crippen LogP contribution in [0.25, 0.3) is 0 Å². The quantitative estimate of drug-likeness (QED) is 0.673. The Balaban J connectivity index is 4.58. The Bertz CT molecular complexity index is 153. The van der Waals surface area contributed by atoms with Gasteiger partial charge in [-0.15, -0.1) is 0 Å². The van der Waals surface area contributed by atoms with Crippen LogP contribution in [0.5, 0.6) is 0 Å². The summed E-state index contributed by atoms with van der Waals surface area (Å²) in [5.74, 6) is 0. The van der Waals surface area contributed by atoms with Crippen molar-refractivity contribution in [3.05, 3.63) is 0 Å². The minimum absolute atomic E-state index is 0.228. The molecule has 0 saturated carbocycles. The molecule has 0 saturated heterocycles. The smallest absolute Gasteiger partial charge is 0.0328 e. The lowest BCUT2D eigenvalue weighted by molar-refractivity contribution is 0.0680. The van der Waals surface area contributed by atoms with Crippen LogP contribution in [0.2, 0.25) is 0 Å². The fraction of sp³-hybridized carbons (Fsp3) is 1.00. The summed E-state index contributed by atoms with van der Waals surface area (Å²) in [6.45, 7) is 9.84. The van der Waals surface area contributed by atoms with Crippen molar-refractivity contribution in [2.24, 2.45) is 5.73 Å². The Labute approximate surface area is 96.2 Å². The average Bonchev–Trinajstić information content (AvgIpc) is 2.29. The summed E-state index contributed by atoms with van der Waals surface area (Å²) in [7, 11) is 2.24. The molecule has 0 aliphatic rings. The summed E-state index contributed by atoms with van der Waals surface area (Å²) in [5, 5.41) is 0. The molecule has 2 unspecified atom stereocenters. The molecule has 0 bridgehead atoms. The maximum Gasteiger partial charge on any atom is 0.0328 e. The number of nitrogens with two attached hydrogens (primary N) is 1. The predicted octanol–water partition coefficient (Wildman–Crippen LogP) is 3.01. The standard InChI is InChI=1S/C13H30N2/c1-6-9-10-13(8-3,11-14)15(5)12(4)7-2/h12H,6-11,14H2,1-5H3. The lowest BCUT2D eigenvalue weighted by atomic mass is 9.86. The number of hydrogen-bond acceptors (Lipinski definition) is 2. The summed E-state index contributed by atoms with van der Waals surface area (Å²) in [6.07, 6.45) is 6.13. The number of hydrogen-bond donors (Lipinski definition) is 1. The van der Waals surface area contributed by atoms with E-state index in [9.17, 15) is 0 Å². The fourth-order valence-corrected chi connectivity index (χ4v) is 2.24. The molecule has 2 heteroatoms. The van der Waals surface area contributed by atoms with Gasteiger partial charge < -0.3 is 5.73 Å². The van der Waals surface area contributed by atoms with Gasteiger partial charge in [0.2, 0.25) is 0 Å². The van der Waals surface area contributed by atoms with E-state index in [-0.39, 0.29) is 5.54 Å². The predicted molar refractivity (Wildman–Crippen MR) is 69.1 cm³/mol. The van der Waals surface area contributed by atoms with E-state index in [4.69, 9.17) is 5.73 Å². The van der Waals surface area contributed by atoms with Gasteiger partial charge >= 0.3 is 0 Å². The second kappa shape index (κ2) is 7.24. The van der Waals surface area contributed by atoms with Crippen molar-refractivity contribution < 1.29 is 0 Å². The molecule has 0 aliphatic carbocycles. The molecule has 0 aromatic rings. The summed E-state index contributed by atoms with van der Waals surface area (Å²) in [6, 6.07) is 0.630. The Hall–Kier alpha value is -0.0800. The highest BCUT2D eigenvalue weighted by Crippen LogP contribution is 2.26. The van der Waals surface area contributed by atoms with Crippen molar-refractivity contribution in [1.82, 2.24) is 4.90 Å². The molecule has 0 aromatic carbocycles. The van der Waals surface area contributed by atoms with Crippen LogP contribution in [0, 0.1) is 0 Å². The Kier molecular flexibility index (Phi) is 7.20. The van der Waals surface area contributed by atoms with Gasteiger partial charge in [0.15, 0.2) is 0 Å². The molecule has 0 amide bonds. The van der Waals surface area contributed by atoms with Crippen LogP contribution in [-0.4, -0.2) is 30.1 Å². The third kappa shape index (κ3) is 3.76. The van der Waals surface area contributed by atoms with Gasteiger partial charge in [-0.1, -0.05) is 33.6 Å². The zero-order valence-corrected chi connectivity index (χ0v) is 11.3. The van der Waals surface area contributed by atoms with Gasteiger partial charge in [-0.3, -0.25) is 4.90 Å². The zero-order valence-electron chi connectivity index (χ0n) is 11.3. The van der Waals surface area contributed by atoms with E-state index in [1.54, 1.807) is 0 Å². The first-order chi connectivity index (χ1) is 7.07. The lowest BCUT2D eigenvalue weighted by Gasteiger charge is -2.44. The van der Waals surface area contributed by atoms with Gasteiger partial charge in [-0.05, 0) is 33.2 Å². The van der Waals surface area contributed by atoms with Crippen molar-refractivity contribution in [2.75, 3.05) is 13.6 Å². The summed E-state index contributed by atoms with van der Waals surface area (Å²) < 4.78 is 0. The number of rotatable bonds is 8. The molecule has 0 rings (SSSR count). The lowest BCUT2D eigenvalue weighted by Crippen LogP contribution is -2.54. The molecule has 0 aliphatic heterocycles. The van der Waals surface area contributed by atoms with Crippen molar-refractivity contribution in [3.63, 3.8) is 0 Å². The molecular formula is C13H30N2. The van der Waals surface area contributed by atoms with E-state index in [1.807, 2.05) is 0 Å². The van der Waals surface area contributed by atoms with Gasteiger partial charge in [-0.25, -0.2) is 0 Å². The van der Waals surface area contributed by atoms with Gasteiger partial charge in [0, 0.05) is 18.1 Å². The molecule has 0 fully saturated rings. The van der Waals surface area contributed by atoms with Crippen LogP contribution in [0.1, 0.15) is 59.8 Å². The number of unbranched alkanes of at least 4 members (excludes halogenated alkanes) is 1. The SMILES string of the molecule is CCCCC(CC)(CN)N(C)C(C)CC. The second-order valence-electron chi connectivity index (χ2n) is 4.75. The van der Waals surface area contributed by atoms with Gasteiger partial charge in [0.05, 0.1) is 0 Å². The van der Waals surface area contributed by atoms with Crippen LogP contribution in [-0.2, 0) is 0 Å². The average molecular weight is 214 g/mol. The maximum absolute atomic E-state index is 6.01. The molecule has 0 heterocycles. The van der Waals surface area contributed by atoms with Crippen molar-refractivity contribution in [3.8, 4) is 0 Å².